The van der Waals surface area contributed by atoms with Crippen LogP contribution in [-0.4, -0.2) is 58.3 Å². The quantitative estimate of drug-likeness (QED) is 0.684. The lowest BCUT2D eigenvalue weighted by atomic mass is 10.0. The van der Waals surface area contributed by atoms with Gasteiger partial charge in [-0.1, -0.05) is 36.4 Å². The van der Waals surface area contributed by atoms with Gasteiger partial charge in [0.05, 0.1) is 30.8 Å². The van der Waals surface area contributed by atoms with Crippen molar-refractivity contribution in [1.82, 2.24) is 14.9 Å². The number of fused-ring (bicyclic) bond motifs is 2. The largest absolute Gasteiger partial charge is 0.465 e. The van der Waals surface area contributed by atoms with Crippen LogP contribution in [0, 0.1) is 11.3 Å². The van der Waals surface area contributed by atoms with Crippen LogP contribution in [0.2, 0.25) is 0 Å². The Morgan fingerprint density at radius 3 is 2.78 bits per heavy atom. The topological polar surface area (TPSA) is 96.6 Å². The molecule has 0 unspecified atom stereocenters. The van der Waals surface area contributed by atoms with E-state index in [1.807, 2.05) is 0 Å². The van der Waals surface area contributed by atoms with Gasteiger partial charge in [0.2, 0.25) is 0 Å². The first-order valence-corrected chi connectivity index (χ1v) is 10.8. The van der Waals surface area contributed by atoms with Gasteiger partial charge in [-0.25, -0.2) is 14.8 Å². The Kier molecular flexibility index (Phi) is 5.23. The lowest BCUT2D eigenvalue weighted by Crippen LogP contribution is -2.55. The molecule has 1 fully saturated rings. The molecule has 8 nitrogen and oxygen atoms in total. The van der Waals surface area contributed by atoms with E-state index in [0.717, 1.165) is 30.0 Å². The molecular weight excluding hydrogens is 404 g/mol. The highest BCUT2D eigenvalue weighted by atomic mass is 16.4. The van der Waals surface area contributed by atoms with Gasteiger partial charge < -0.3 is 19.8 Å². The number of hydrogen-bond donors (Lipinski definition) is 1. The first-order chi connectivity index (χ1) is 15.7. The van der Waals surface area contributed by atoms with Gasteiger partial charge in [-0.15, -0.1) is 0 Å². The molecule has 1 aromatic heterocycles. The Hall–Kier alpha value is -3.86. The summed E-state index contributed by atoms with van der Waals surface area (Å²) in [5.41, 5.74) is 3.34. The van der Waals surface area contributed by atoms with Gasteiger partial charge in [-0.05, 0) is 17.9 Å². The number of amides is 1. The van der Waals surface area contributed by atoms with Crippen molar-refractivity contribution in [1.29, 1.82) is 5.26 Å². The van der Waals surface area contributed by atoms with E-state index in [-0.39, 0.29) is 12.5 Å². The van der Waals surface area contributed by atoms with Crippen molar-refractivity contribution >= 4 is 28.4 Å². The molecule has 2 aliphatic heterocycles. The summed E-state index contributed by atoms with van der Waals surface area (Å²) >= 11 is 0. The van der Waals surface area contributed by atoms with Crippen LogP contribution in [0.3, 0.4) is 0 Å². The van der Waals surface area contributed by atoms with Crippen LogP contribution in [0.25, 0.3) is 10.8 Å². The van der Waals surface area contributed by atoms with Gasteiger partial charge in [0.25, 0.3) is 0 Å². The molecule has 162 valence electrons. The minimum atomic E-state index is -0.972. The number of piperazine rings is 1. The summed E-state index contributed by atoms with van der Waals surface area (Å²) in [6, 6.07) is 16.6. The standard InChI is InChI=1S/C24H24N6O2/c25-10-8-18-14-29(12-13-30(18)24(31)32)23-20-9-11-28(15-21(20)26-16-27-23)22-7-3-5-17-4-1-2-6-19(17)22/h1-7,16,18H,8-9,11-15H2,(H,31,32)/t18-/m0/s1. The second kappa shape index (κ2) is 8.35. The van der Waals surface area contributed by atoms with Crippen LogP contribution in [-0.2, 0) is 13.0 Å². The number of hydrogen-bond acceptors (Lipinski definition) is 6. The van der Waals surface area contributed by atoms with Crippen LogP contribution in [0.4, 0.5) is 16.3 Å². The van der Waals surface area contributed by atoms with Gasteiger partial charge in [-0.3, -0.25) is 0 Å². The molecule has 8 heteroatoms. The van der Waals surface area contributed by atoms with E-state index in [4.69, 9.17) is 5.26 Å². The second-order valence-corrected chi connectivity index (χ2v) is 8.23. The maximum atomic E-state index is 11.5. The maximum Gasteiger partial charge on any atom is 0.407 e. The van der Waals surface area contributed by atoms with Crippen molar-refractivity contribution in [3.8, 4) is 6.07 Å². The molecule has 1 atom stereocenters. The van der Waals surface area contributed by atoms with E-state index in [0.29, 0.717) is 26.2 Å². The molecule has 1 amide bonds. The lowest BCUT2D eigenvalue weighted by Gasteiger charge is -2.41. The van der Waals surface area contributed by atoms with E-state index in [1.165, 1.54) is 21.4 Å². The number of carbonyl (C=O) groups is 1. The highest BCUT2D eigenvalue weighted by Crippen LogP contribution is 2.33. The smallest absolute Gasteiger partial charge is 0.407 e. The Morgan fingerprint density at radius 1 is 1.09 bits per heavy atom. The summed E-state index contributed by atoms with van der Waals surface area (Å²) in [5, 5.41) is 21.1. The maximum absolute atomic E-state index is 11.5. The predicted octanol–water partition coefficient (Wildman–Crippen LogP) is 3.27. The summed E-state index contributed by atoms with van der Waals surface area (Å²) < 4.78 is 0. The molecule has 3 heterocycles. The Balaban J connectivity index is 1.42. The van der Waals surface area contributed by atoms with Gasteiger partial charge in [0, 0.05) is 42.8 Å². The molecule has 2 aliphatic rings. The van der Waals surface area contributed by atoms with E-state index in [1.54, 1.807) is 6.33 Å². The average molecular weight is 428 g/mol. The molecule has 0 saturated carbocycles. The number of aromatic nitrogens is 2. The van der Waals surface area contributed by atoms with E-state index < -0.39 is 6.09 Å². The zero-order chi connectivity index (χ0) is 22.1. The minimum absolute atomic E-state index is 0.172. The third-order valence-electron chi connectivity index (χ3n) is 6.45. The third kappa shape index (κ3) is 3.56. The third-order valence-corrected chi connectivity index (χ3v) is 6.45. The number of nitrogens with zero attached hydrogens (tertiary/aromatic N) is 6. The number of benzene rings is 2. The fourth-order valence-corrected chi connectivity index (χ4v) is 4.88. The van der Waals surface area contributed by atoms with Crippen molar-refractivity contribution in [3.05, 3.63) is 60.0 Å². The zero-order valence-corrected chi connectivity index (χ0v) is 17.7. The number of nitriles is 1. The van der Waals surface area contributed by atoms with Crippen molar-refractivity contribution in [3.63, 3.8) is 0 Å². The molecule has 0 radical (unpaired) electrons. The molecular formula is C24H24N6O2. The van der Waals surface area contributed by atoms with Gasteiger partial charge in [-0.2, -0.15) is 5.26 Å². The Bertz CT molecular complexity index is 1200. The summed E-state index contributed by atoms with van der Waals surface area (Å²) in [7, 11) is 0. The van der Waals surface area contributed by atoms with Gasteiger partial charge in [0.15, 0.2) is 0 Å². The molecule has 2 aromatic carbocycles. The molecule has 1 saturated heterocycles. The average Bonchev–Trinajstić information content (AvgIpc) is 2.83. The second-order valence-electron chi connectivity index (χ2n) is 8.23. The summed E-state index contributed by atoms with van der Waals surface area (Å²) in [5.74, 6) is 0.876. The molecule has 1 N–H and O–H groups in total. The molecule has 32 heavy (non-hydrogen) atoms. The van der Waals surface area contributed by atoms with E-state index >= 15 is 0 Å². The molecule has 3 aromatic rings. The fourth-order valence-electron chi connectivity index (χ4n) is 4.88. The first kappa shape index (κ1) is 20.1. The number of anilines is 2. The van der Waals surface area contributed by atoms with Crippen LogP contribution in [0.1, 0.15) is 17.7 Å². The van der Waals surface area contributed by atoms with Gasteiger partial charge in [0.1, 0.15) is 12.1 Å². The van der Waals surface area contributed by atoms with Gasteiger partial charge >= 0.3 is 6.09 Å². The highest BCUT2D eigenvalue weighted by molar-refractivity contribution is 5.94. The normalized spacial score (nSPS) is 18.3. The molecule has 0 spiro atoms. The van der Waals surface area contributed by atoms with Crippen molar-refractivity contribution in [2.75, 3.05) is 36.0 Å². The Morgan fingerprint density at radius 2 is 1.94 bits per heavy atom. The lowest BCUT2D eigenvalue weighted by molar-refractivity contribution is 0.119. The monoisotopic (exact) mass is 428 g/mol. The molecule has 5 rings (SSSR count). The van der Waals surface area contributed by atoms with Crippen LogP contribution < -0.4 is 9.80 Å². The van der Waals surface area contributed by atoms with Crippen LogP contribution in [0.5, 0.6) is 0 Å². The van der Waals surface area contributed by atoms with Crippen molar-refractivity contribution < 1.29 is 9.90 Å². The Labute approximate surface area is 186 Å². The molecule has 0 bridgehead atoms. The van der Waals surface area contributed by atoms with Crippen molar-refractivity contribution in [2.45, 2.75) is 25.4 Å². The highest BCUT2D eigenvalue weighted by Gasteiger charge is 2.33. The summed E-state index contributed by atoms with van der Waals surface area (Å²) in [6.07, 6.45) is 1.62. The zero-order valence-electron chi connectivity index (χ0n) is 17.7. The first-order valence-electron chi connectivity index (χ1n) is 10.8. The van der Waals surface area contributed by atoms with Crippen molar-refractivity contribution in [2.24, 2.45) is 0 Å². The minimum Gasteiger partial charge on any atom is -0.465 e. The predicted molar refractivity (Wildman–Crippen MR) is 122 cm³/mol. The summed E-state index contributed by atoms with van der Waals surface area (Å²) in [6.45, 7) is 2.96. The van der Waals surface area contributed by atoms with E-state index in [9.17, 15) is 9.90 Å². The number of carboxylic acid groups (broad SMARTS) is 1. The molecule has 0 aliphatic carbocycles. The fraction of sp³-hybridized carbons (Fsp3) is 0.333. The SMILES string of the molecule is N#CC[C@H]1CN(c2ncnc3c2CCN(c2cccc4ccccc24)C3)CCN1C(=O)O. The van der Waals surface area contributed by atoms with Crippen LogP contribution >= 0.6 is 0 Å². The number of rotatable bonds is 3. The van der Waals surface area contributed by atoms with Crippen LogP contribution in [0.15, 0.2) is 48.8 Å². The summed E-state index contributed by atoms with van der Waals surface area (Å²) in [4.78, 5) is 26.6. The van der Waals surface area contributed by atoms with E-state index in [2.05, 4.69) is 68.3 Å².